The van der Waals surface area contributed by atoms with Crippen LogP contribution in [0.1, 0.15) is 71.1 Å². The van der Waals surface area contributed by atoms with Gasteiger partial charge in [-0.05, 0) is 6.42 Å². The summed E-state index contributed by atoms with van der Waals surface area (Å²) in [5, 5.41) is 8.41. The third kappa shape index (κ3) is 21.3. The Morgan fingerprint density at radius 1 is 0.875 bits per heavy atom. The summed E-state index contributed by atoms with van der Waals surface area (Å²) in [6.45, 7) is 2.23. The van der Waals surface area contributed by atoms with Crippen molar-refractivity contribution < 1.29 is 37.2 Å². The van der Waals surface area contributed by atoms with E-state index in [-0.39, 0.29) is 76.2 Å². The number of unbranched alkanes of at least 4 members (excludes halogenated alkanes) is 8. The molecule has 88 valence electrons. The molecule has 2 radical (unpaired) electrons. The fourth-order valence-corrected chi connectivity index (χ4v) is 1.59. The summed E-state index contributed by atoms with van der Waals surface area (Å²) >= 11 is 0. The first-order valence-electron chi connectivity index (χ1n) is 5.99. The van der Waals surface area contributed by atoms with Crippen LogP contribution in [-0.4, -0.2) is 60.0 Å². The Labute approximate surface area is 161 Å². The van der Waals surface area contributed by atoms with Gasteiger partial charge in [-0.25, -0.2) is 0 Å². The molecule has 4 heteroatoms. The molecular weight excluding hydrogens is 426 g/mol. The van der Waals surface area contributed by atoms with Gasteiger partial charge in [-0.2, -0.15) is 0 Å². The van der Waals surface area contributed by atoms with Gasteiger partial charge in [0.1, 0.15) is 0 Å². The minimum atomic E-state index is -0.659. The zero-order chi connectivity index (χ0) is 10.6. The van der Waals surface area contributed by atoms with Gasteiger partial charge in [-0.3, -0.25) is 4.79 Å². The fraction of sp³-hybridized carbons (Fsp3) is 0.917. The van der Waals surface area contributed by atoms with Gasteiger partial charge in [-0.1, -0.05) is 58.3 Å². The van der Waals surface area contributed by atoms with Gasteiger partial charge in [0.25, 0.3) is 0 Å². The van der Waals surface area contributed by atoms with Crippen LogP contribution in [0.2, 0.25) is 0 Å². The number of hydrogen-bond donors (Lipinski definition) is 1. The van der Waals surface area contributed by atoms with Crippen LogP contribution in [-0.2, 0) is 32.1 Å². The standard InChI is InChI=1S/C12H24O2.Ba.Cd/c1-2-3-4-5-6-7-8-9-10-11-12(13)14;;/h2-11H2,1H3,(H,13,14);;. The molecule has 0 aliphatic rings. The molecule has 0 aliphatic heterocycles. The van der Waals surface area contributed by atoms with Crippen molar-refractivity contribution in [3.05, 3.63) is 0 Å². The molecule has 0 aromatic carbocycles. The van der Waals surface area contributed by atoms with Gasteiger partial charge in [0, 0.05) is 82.6 Å². The number of aliphatic carboxylic acids is 1. The van der Waals surface area contributed by atoms with Crippen LogP contribution in [0.25, 0.3) is 0 Å². The van der Waals surface area contributed by atoms with Crippen LogP contribution < -0.4 is 0 Å². The Balaban J connectivity index is -0.000000845. The maximum Gasteiger partial charge on any atom is 0.303 e. The summed E-state index contributed by atoms with van der Waals surface area (Å²) in [4.78, 5) is 10.2. The molecule has 0 amide bonds. The van der Waals surface area contributed by atoms with E-state index in [1.165, 1.54) is 44.9 Å². The third-order valence-corrected chi connectivity index (χ3v) is 2.49. The monoisotopic (exact) mass is 452 g/mol. The fourth-order valence-electron chi connectivity index (χ4n) is 1.59. The van der Waals surface area contributed by atoms with Crippen molar-refractivity contribution >= 4 is 54.9 Å². The van der Waals surface area contributed by atoms with Crippen LogP contribution in [0.4, 0.5) is 0 Å². The van der Waals surface area contributed by atoms with Gasteiger partial charge in [0.2, 0.25) is 0 Å². The summed E-state index contributed by atoms with van der Waals surface area (Å²) in [5.41, 5.74) is 0. The Morgan fingerprint density at radius 2 is 1.25 bits per heavy atom. The first-order chi connectivity index (χ1) is 6.77. The summed E-state index contributed by atoms with van der Waals surface area (Å²) < 4.78 is 0. The van der Waals surface area contributed by atoms with E-state index in [0.717, 1.165) is 12.8 Å². The largest absolute Gasteiger partial charge is 0.481 e. The molecule has 0 rings (SSSR count). The molecule has 0 atom stereocenters. The molecule has 16 heavy (non-hydrogen) atoms. The Kier molecular flexibility index (Phi) is 27.9. The minimum absolute atomic E-state index is 0. The molecule has 0 saturated carbocycles. The second kappa shape index (κ2) is 19.3. The molecule has 0 heterocycles. The van der Waals surface area contributed by atoms with Gasteiger partial charge in [0.05, 0.1) is 0 Å². The predicted molar refractivity (Wildman–Crippen MR) is 65.2 cm³/mol. The second-order valence-corrected chi connectivity index (χ2v) is 3.97. The van der Waals surface area contributed by atoms with Crippen molar-refractivity contribution in [1.82, 2.24) is 0 Å². The van der Waals surface area contributed by atoms with Crippen molar-refractivity contribution in [1.29, 1.82) is 0 Å². The number of rotatable bonds is 10. The van der Waals surface area contributed by atoms with E-state index in [1.807, 2.05) is 0 Å². The minimum Gasteiger partial charge on any atom is -0.481 e. The van der Waals surface area contributed by atoms with Crippen LogP contribution in [0.5, 0.6) is 0 Å². The number of hydrogen-bond acceptors (Lipinski definition) is 1. The van der Waals surface area contributed by atoms with E-state index in [2.05, 4.69) is 6.92 Å². The van der Waals surface area contributed by atoms with Crippen molar-refractivity contribution in [3.8, 4) is 0 Å². The maximum atomic E-state index is 10.2. The maximum absolute atomic E-state index is 10.2. The van der Waals surface area contributed by atoms with E-state index in [1.54, 1.807) is 0 Å². The van der Waals surface area contributed by atoms with E-state index < -0.39 is 5.97 Å². The Morgan fingerprint density at radius 3 is 1.62 bits per heavy atom. The summed E-state index contributed by atoms with van der Waals surface area (Å²) in [5.74, 6) is -0.659. The topological polar surface area (TPSA) is 37.3 Å². The van der Waals surface area contributed by atoms with Gasteiger partial charge in [0.15, 0.2) is 0 Å². The summed E-state index contributed by atoms with van der Waals surface area (Å²) in [6.07, 6.45) is 11.5. The normalized spacial score (nSPS) is 9.06. The van der Waals surface area contributed by atoms with E-state index >= 15 is 0 Å². The van der Waals surface area contributed by atoms with Crippen LogP contribution >= 0.6 is 0 Å². The predicted octanol–water partition coefficient (Wildman–Crippen LogP) is 3.61. The number of carbonyl (C=O) groups is 1. The second-order valence-electron chi connectivity index (χ2n) is 3.97. The molecule has 0 aromatic heterocycles. The van der Waals surface area contributed by atoms with Crippen molar-refractivity contribution in [3.63, 3.8) is 0 Å². The average Bonchev–Trinajstić information content (AvgIpc) is 2.15. The SMILES string of the molecule is CCCCCCCCCCCC(=O)O.[Ba].[Cd]. The zero-order valence-electron chi connectivity index (χ0n) is 10.8. The molecule has 2 nitrogen and oxygen atoms in total. The van der Waals surface area contributed by atoms with E-state index in [9.17, 15) is 4.79 Å². The molecule has 0 fully saturated rings. The molecule has 0 aromatic rings. The molecule has 0 aliphatic carbocycles. The average molecular weight is 450 g/mol. The van der Waals surface area contributed by atoms with Crippen LogP contribution in [0.3, 0.4) is 0 Å². The van der Waals surface area contributed by atoms with Crippen molar-refractivity contribution in [2.24, 2.45) is 0 Å². The summed E-state index contributed by atoms with van der Waals surface area (Å²) in [7, 11) is 0. The molecule has 0 bridgehead atoms. The first kappa shape index (κ1) is 23.1. The summed E-state index contributed by atoms with van der Waals surface area (Å²) in [6, 6.07) is 0. The quantitative estimate of drug-likeness (QED) is 0.408. The molecule has 0 spiro atoms. The van der Waals surface area contributed by atoms with Gasteiger partial charge >= 0.3 is 5.97 Å². The van der Waals surface area contributed by atoms with E-state index in [4.69, 9.17) is 5.11 Å². The Hall–Kier alpha value is 1.96. The van der Waals surface area contributed by atoms with Gasteiger partial charge in [-0.15, -0.1) is 0 Å². The Bertz CT molecular complexity index is 143. The van der Waals surface area contributed by atoms with E-state index in [0.29, 0.717) is 6.42 Å². The third-order valence-electron chi connectivity index (χ3n) is 2.49. The first-order valence-corrected chi connectivity index (χ1v) is 5.99. The number of carboxylic acids is 1. The molecule has 0 unspecified atom stereocenters. The smallest absolute Gasteiger partial charge is 0.303 e. The van der Waals surface area contributed by atoms with Crippen LogP contribution in [0, 0.1) is 0 Å². The van der Waals surface area contributed by atoms with Crippen molar-refractivity contribution in [2.45, 2.75) is 71.1 Å². The molecular formula is C12H24BaCdO2. The zero-order valence-corrected chi connectivity index (χ0v) is 19.3. The van der Waals surface area contributed by atoms with Crippen LogP contribution in [0.15, 0.2) is 0 Å². The number of carboxylic acid groups (broad SMARTS) is 1. The van der Waals surface area contributed by atoms with Crippen molar-refractivity contribution in [2.75, 3.05) is 0 Å². The molecule has 1 N–H and O–H groups in total. The molecule has 0 saturated heterocycles. The van der Waals surface area contributed by atoms with Gasteiger partial charge < -0.3 is 5.11 Å².